The second-order valence-corrected chi connectivity index (χ2v) is 7.44. The van der Waals surface area contributed by atoms with E-state index in [1.807, 2.05) is 29.3 Å². The first-order valence-electron chi connectivity index (χ1n) is 8.97. The number of thiophene rings is 1. The molecule has 2 fully saturated rings. The van der Waals surface area contributed by atoms with Gasteiger partial charge >= 0.3 is 0 Å². The zero-order valence-corrected chi connectivity index (χ0v) is 15.7. The highest BCUT2D eigenvalue weighted by Crippen LogP contribution is 2.22. The van der Waals surface area contributed by atoms with Gasteiger partial charge in [0.2, 0.25) is 0 Å². The van der Waals surface area contributed by atoms with Gasteiger partial charge in [0.1, 0.15) is 17.5 Å². The summed E-state index contributed by atoms with van der Waals surface area (Å²) in [5.41, 5.74) is 0. The first-order valence-corrected chi connectivity index (χ1v) is 9.85. The lowest BCUT2D eigenvalue weighted by atomic mass is 10.2. The number of carbonyl (C=O) groups is 1. The maximum Gasteiger partial charge on any atom is 0.264 e. The van der Waals surface area contributed by atoms with Crippen LogP contribution in [0.1, 0.15) is 15.5 Å². The summed E-state index contributed by atoms with van der Waals surface area (Å²) in [7, 11) is 0. The van der Waals surface area contributed by atoms with Gasteiger partial charge in [0.25, 0.3) is 5.91 Å². The number of morpholine rings is 1. The standard InChI is InChI=1S/C18H23N5O2S/c1-14-19-16(13-17(20-14)22-8-10-25-11-9-22)21-4-6-23(7-5-21)18(24)15-3-2-12-26-15/h2-3,12-13H,4-11H2,1H3. The number of aryl methyl sites for hydroxylation is 1. The largest absolute Gasteiger partial charge is 0.378 e. The van der Waals surface area contributed by atoms with Crippen molar-refractivity contribution in [2.45, 2.75) is 6.92 Å². The molecule has 1 amide bonds. The summed E-state index contributed by atoms with van der Waals surface area (Å²) in [6.07, 6.45) is 0. The van der Waals surface area contributed by atoms with Crippen LogP contribution in [-0.4, -0.2) is 73.3 Å². The summed E-state index contributed by atoms with van der Waals surface area (Å²) in [5.74, 6) is 2.82. The quantitative estimate of drug-likeness (QED) is 0.815. The lowest BCUT2D eigenvalue weighted by Crippen LogP contribution is -2.49. The highest BCUT2D eigenvalue weighted by Gasteiger charge is 2.24. The van der Waals surface area contributed by atoms with E-state index in [1.165, 1.54) is 11.3 Å². The molecule has 2 aliphatic heterocycles. The van der Waals surface area contributed by atoms with Gasteiger partial charge in [-0.25, -0.2) is 9.97 Å². The van der Waals surface area contributed by atoms with Crippen molar-refractivity contribution < 1.29 is 9.53 Å². The summed E-state index contributed by atoms with van der Waals surface area (Å²) >= 11 is 1.50. The number of hydrogen-bond acceptors (Lipinski definition) is 7. The molecular weight excluding hydrogens is 350 g/mol. The first-order chi connectivity index (χ1) is 12.7. The summed E-state index contributed by atoms with van der Waals surface area (Å²) in [6.45, 7) is 8.14. The predicted octanol–water partition coefficient (Wildman–Crippen LogP) is 1.65. The Morgan fingerprint density at radius 2 is 1.69 bits per heavy atom. The van der Waals surface area contributed by atoms with Crippen LogP contribution in [0.25, 0.3) is 0 Å². The van der Waals surface area contributed by atoms with Crippen LogP contribution in [0.2, 0.25) is 0 Å². The van der Waals surface area contributed by atoms with Gasteiger partial charge in [-0.05, 0) is 18.4 Å². The Morgan fingerprint density at radius 3 is 2.31 bits per heavy atom. The number of nitrogens with zero attached hydrogens (tertiary/aromatic N) is 5. The van der Waals surface area contributed by atoms with Crippen LogP contribution < -0.4 is 9.80 Å². The number of aromatic nitrogens is 2. The van der Waals surface area contributed by atoms with Gasteiger partial charge in [-0.1, -0.05) is 6.07 Å². The van der Waals surface area contributed by atoms with E-state index in [0.717, 1.165) is 61.7 Å². The van der Waals surface area contributed by atoms with E-state index >= 15 is 0 Å². The normalized spacial score (nSPS) is 18.3. The van der Waals surface area contributed by atoms with E-state index in [9.17, 15) is 4.79 Å². The van der Waals surface area contributed by atoms with Crippen molar-refractivity contribution in [2.24, 2.45) is 0 Å². The molecule has 0 atom stereocenters. The van der Waals surface area contributed by atoms with Crippen LogP contribution >= 0.6 is 11.3 Å². The average molecular weight is 373 g/mol. The molecule has 2 aromatic heterocycles. The summed E-state index contributed by atoms with van der Waals surface area (Å²) in [5, 5.41) is 1.94. The Labute approximate surface area is 157 Å². The lowest BCUT2D eigenvalue weighted by molar-refractivity contribution is 0.0751. The molecule has 4 rings (SSSR count). The third kappa shape index (κ3) is 3.66. The van der Waals surface area contributed by atoms with Crippen LogP contribution in [-0.2, 0) is 4.74 Å². The molecule has 138 valence electrons. The molecule has 8 heteroatoms. The molecule has 0 spiro atoms. The maximum atomic E-state index is 12.5. The van der Waals surface area contributed by atoms with Crippen molar-refractivity contribution in [1.29, 1.82) is 0 Å². The first kappa shape index (κ1) is 17.2. The predicted molar refractivity (Wildman–Crippen MR) is 102 cm³/mol. The van der Waals surface area contributed by atoms with E-state index in [0.29, 0.717) is 13.1 Å². The van der Waals surface area contributed by atoms with Crippen molar-refractivity contribution in [3.63, 3.8) is 0 Å². The van der Waals surface area contributed by atoms with Crippen LogP contribution in [0.3, 0.4) is 0 Å². The number of anilines is 2. The third-order valence-electron chi connectivity index (χ3n) is 4.77. The Kier molecular flexibility index (Phi) is 5.03. The summed E-state index contributed by atoms with van der Waals surface area (Å²) < 4.78 is 5.43. The molecule has 0 radical (unpaired) electrons. The number of rotatable bonds is 3. The molecule has 0 unspecified atom stereocenters. The molecule has 0 bridgehead atoms. The zero-order valence-electron chi connectivity index (χ0n) is 14.9. The minimum absolute atomic E-state index is 0.132. The molecule has 2 saturated heterocycles. The van der Waals surface area contributed by atoms with Crippen molar-refractivity contribution in [3.8, 4) is 0 Å². The van der Waals surface area contributed by atoms with Gasteiger partial charge in [-0.15, -0.1) is 11.3 Å². The Hall–Kier alpha value is -2.19. The second-order valence-electron chi connectivity index (χ2n) is 6.49. The Morgan fingerprint density at radius 1 is 1.04 bits per heavy atom. The second kappa shape index (κ2) is 7.59. The molecule has 0 aromatic carbocycles. The van der Waals surface area contributed by atoms with Crippen LogP contribution in [0.5, 0.6) is 0 Å². The monoisotopic (exact) mass is 373 g/mol. The fraction of sp³-hybridized carbons (Fsp3) is 0.500. The van der Waals surface area contributed by atoms with Gasteiger partial charge < -0.3 is 19.4 Å². The van der Waals surface area contributed by atoms with Gasteiger partial charge in [0.05, 0.1) is 18.1 Å². The molecule has 4 heterocycles. The molecule has 0 saturated carbocycles. The summed E-state index contributed by atoms with van der Waals surface area (Å²) in [6, 6.07) is 5.88. The smallest absolute Gasteiger partial charge is 0.264 e. The molecule has 26 heavy (non-hydrogen) atoms. The molecule has 2 aliphatic rings. The minimum atomic E-state index is 0.132. The number of ether oxygens (including phenoxy) is 1. The van der Waals surface area contributed by atoms with Gasteiger partial charge in [-0.3, -0.25) is 4.79 Å². The summed E-state index contributed by atoms with van der Waals surface area (Å²) in [4.78, 5) is 29.0. The SMILES string of the molecule is Cc1nc(N2CCOCC2)cc(N2CCN(C(=O)c3cccs3)CC2)n1. The number of carbonyl (C=O) groups excluding carboxylic acids is 1. The van der Waals surface area contributed by atoms with Crippen molar-refractivity contribution in [1.82, 2.24) is 14.9 Å². The van der Waals surface area contributed by atoms with E-state index < -0.39 is 0 Å². The number of hydrogen-bond donors (Lipinski definition) is 0. The topological polar surface area (TPSA) is 61.8 Å². The number of piperazine rings is 1. The van der Waals surface area contributed by atoms with E-state index in [1.54, 1.807) is 0 Å². The van der Waals surface area contributed by atoms with Gasteiger partial charge in [-0.2, -0.15) is 0 Å². The highest BCUT2D eigenvalue weighted by atomic mass is 32.1. The highest BCUT2D eigenvalue weighted by molar-refractivity contribution is 7.12. The van der Waals surface area contributed by atoms with Crippen molar-refractivity contribution in [2.75, 3.05) is 62.3 Å². The average Bonchev–Trinajstić information content (AvgIpc) is 3.22. The van der Waals surface area contributed by atoms with Crippen molar-refractivity contribution in [3.05, 3.63) is 34.3 Å². The zero-order chi connectivity index (χ0) is 17.9. The van der Waals surface area contributed by atoms with E-state index in [-0.39, 0.29) is 5.91 Å². The molecule has 2 aromatic rings. The van der Waals surface area contributed by atoms with Crippen molar-refractivity contribution >= 4 is 28.9 Å². The minimum Gasteiger partial charge on any atom is -0.378 e. The third-order valence-corrected chi connectivity index (χ3v) is 5.63. The van der Waals surface area contributed by atoms with E-state index in [4.69, 9.17) is 4.74 Å². The molecule has 0 aliphatic carbocycles. The fourth-order valence-electron chi connectivity index (χ4n) is 3.35. The lowest BCUT2D eigenvalue weighted by Gasteiger charge is -2.36. The Balaban J connectivity index is 1.44. The fourth-order valence-corrected chi connectivity index (χ4v) is 4.04. The molecular formula is C18H23N5O2S. The molecule has 0 N–H and O–H groups in total. The molecule has 7 nitrogen and oxygen atoms in total. The van der Waals surface area contributed by atoms with Crippen LogP contribution in [0, 0.1) is 6.92 Å². The van der Waals surface area contributed by atoms with Gasteiger partial charge in [0.15, 0.2) is 0 Å². The van der Waals surface area contributed by atoms with Gasteiger partial charge in [0, 0.05) is 45.3 Å². The van der Waals surface area contributed by atoms with Crippen LogP contribution in [0.15, 0.2) is 23.6 Å². The van der Waals surface area contributed by atoms with Crippen LogP contribution in [0.4, 0.5) is 11.6 Å². The number of amides is 1. The maximum absolute atomic E-state index is 12.5. The Bertz CT molecular complexity index is 753. The van der Waals surface area contributed by atoms with E-state index in [2.05, 4.69) is 25.8 Å².